The van der Waals surface area contributed by atoms with Gasteiger partial charge in [-0.05, 0) is 11.8 Å². The van der Waals surface area contributed by atoms with Crippen LogP contribution in [0.15, 0.2) is 0 Å². The predicted octanol–water partition coefficient (Wildman–Crippen LogP) is 0.0754. The zero-order valence-corrected chi connectivity index (χ0v) is 10.9. The number of hydrogen-bond donors (Lipinski definition) is 4. The fourth-order valence-corrected chi connectivity index (χ4v) is 3.27. The molecule has 0 bridgehead atoms. The van der Waals surface area contributed by atoms with Crippen LogP contribution in [0.3, 0.4) is 0 Å². The third-order valence-corrected chi connectivity index (χ3v) is 4.18. The van der Waals surface area contributed by atoms with Gasteiger partial charge in [0, 0.05) is 0 Å². The fourth-order valence-electron chi connectivity index (χ4n) is 3.27. The SMILES string of the molecule is CC1C(C(=O)O)C(C(=O)O)C(C)C(C(=O)O)C1C(=O)O. The van der Waals surface area contributed by atoms with Crippen LogP contribution in [0.4, 0.5) is 0 Å². The van der Waals surface area contributed by atoms with E-state index in [4.69, 9.17) is 20.4 Å². The first-order valence-corrected chi connectivity index (χ1v) is 6.02. The van der Waals surface area contributed by atoms with Crippen LogP contribution in [0.25, 0.3) is 0 Å². The van der Waals surface area contributed by atoms with Crippen molar-refractivity contribution in [1.82, 2.24) is 0 Å². The molecule has 0 amide bonds. The second kappa shape index (κ2) is 5.48. The first-order chi connectivity index (χ1) is 9.11. The molecule has 8 heteroatoms. The van der Waals surface area contributed by atoms with Crippen molar-refractivity contribution in [3.05, 3.63) is 0 Å². The van der Waals surface area contributed by atoms with E-state index in [2.05, 4.69) is 0 Å². The van der Waals surface area contributed by atoms with E-state index in [-0.39, 0.29) is 0 Å². The summed E-state index contributed by atoms with van der Waals surface area (Å²) >= 11 is 0. The van der Waals surface area contributed by atoms with Gasteiger partial charge >= 0.3 is 23.9 Å². The third-order valence-electron chi connectivity index (χ3n) is 4.18. The summed E-state index contributed by atoms with van der Waals surface area (Å²) in [5.74, 6) is -13.6. The summed E-state index contributed by atoms with van der Waals surface area (Å²) in [5, 5.41) is 36.7. The average Bonchev–Trinajstić information content (AvgIpc) is 2.28. The van der Waals surface area contributed by atoms with Gasteiger partial charge in [-0.15, -0.1) is 0 Å². The first-order valence-electron chi connectivity index (χ1n) is 6.02. The van der Waals surface area contributed by atoms with E-state index in [1.165, 1.54) is 13.8 Å². The van der Waals surface area contributed by atoms with Gasteiger partial charge in [-0.2, -0.15) is 0 Å². The molecule has 4 atom stereocenters. The summed E-state index contributed by atoms with van der Waals surface area (Å²) in [6.45, 7) is 2.55. The Bertz CT molecular complexity index is 374. The molecule has 8 nitrogen and oxygen atoms in total. The number of rotatable bonds is 4. The molecule has 0 spiro atoms. The van der Waals surface area contributed by atoms with E-state index in [1.54, 1.807) is 0 Å². The third kappa shape index (κ3) is 2.45. The Morgan fingerprint density at radius 1 is 0.550 bits per heavy atom. The van der Waals surface area contributed by atoms with Crippen molar-refractivity contribution in [2.75, 3.05) is 0 Å². The summed E-state index contributed by atoms with van der Waals surface area (Å²) in [5.41, 5.74) is 0. The molecule has 0 saturated heterocycles. The summed E-state index contributed by atoms with van der Waals surface area (Å²) < 4.78 is 0. The van der Waals surface area contributed by atoms with Gasteiger partial charge in [0.25, 0.3) is 0 Å². The smallest absolute Gasteiger partial charge is 0.307 e. The highest BCUT2D eigenvalue weighted by Gasteiger charge is 2.57. The van der Waals surface area contributed by atoms with Crippen molar-refractivity contribution in [3.63, 3.8) is 0 Å². The minimum absolute atomic E-state index is 1.09. The van der Waals surface area contributed by atoms with Gasteiger partial charge in [-0.25, -0.2) is 0 Å². The van der Waals surface area contributed by atoms with E-state index in [9.17, 15) is 19.2 Å². The molecule has 1 saturated carbocycles. The second-order valence-electron chi connectivity index (χ2n) is 5.17. The fraction of sp³-hybridized carbons (Fsp3) is 0.667. The van der Waals surface area contributed by atoms with Crippen molar-refractivity contribution in [2.45, 2.75) is 13.8 Å². The standard InChI is InChI=1S/C12H16O8/c1-3-5(9(13)14)7(11(17)18)4(2)8(12(19)20)6(3)10(15)16/h3-8H,1-2H3,(H,13,14)(H,15,16)(H,17,18)(H,19,20). The lowest BCUT2D eigenvalue weighted by Crippen LogP contribution is -2.54. The molecule has 112 valence electrons. The Morgan fingerprint density at radius 3 is 0.800 bits per heavy atom. The molecule has 20 heavy (non-hydrogen) atoms. The van der Waals surface area contributed by atoms with Gasteiger partial charge in [0.15, 0.2) is 0 Å². The maximum atomic E-state index is 11.3. The molecule has 0 aromatic rings. The Kier molecular flexibility index (Phi) is 4.36. The summed E-state index contributed by atoms with van der Waals surface area (Å²) in [6.07, 6.45) is 0. The van der Waals surface area contributed by atoms with Gasteiger partial charge in [0.1, 0.15) is 0 Å². The summed E-state index contributed by atoms with van der Waals surface area (Å²) in [7, 11) is 0. The molecule has 1 aliphatic carbocycles. The summed E-state index contributed by atoms with van der Waals surface area (Å²) in [6, 6.07) is 0. The van der Waals surface area contributed by atoms with Crippen molar-refractivity contribution in [1.29, 1.82) is 0 Å². The van der Waals surface area contributed by atoms with Crippen LogP contribution in [-0.2, 0) is 19.2 Å². The Balaban J connectivity index is 3.39. The van der Waals surface area contributed by atoms with E-state index < -0.39 is 59.4 Å². The zero-order chi connectivity index (χ0) is 15.8. The van der Waals surface area contributed by atoms with Gasteiger partial charge in [0.2, 0.25) is 0 Å². The maximum absolute atomic E-state index is 11.3. The second-order valence-corrected chi connectivity index (χ2v) is 5.17. The highest BCUT2D eigenvalue weighted by molar-refractivity contribution is 5.86. The van der Waals surface area contributed by atoms with E-state index >= 15 is 0 Å². The normalized spacial score (nSPS) is 37.1. The number of aliphatic carboxylic acids is 4. The molecule has 0 heterocycles. The van der Waals surface area contributed by atoms with Crippen LogP contribution in [0.2, 0.25) is 0 Å². The Morgan fingerprint density at radius 2 is 0.700 bits per heavy atom. The van der Waals surface area contributed by atoms with Crippen molar-refractivity contribution in [3.8, 4) is 0 Å². The molecule has 4 N–H and O–H groups in total. The van der Waals surface area contributed by atoms with Crippen molar-refractivity contribution in [2.24, 2.45) is 35.5 Å². The van der Waals surface area contributed by atoms with Crippen LogP contribution in [0.1, 0.15) is 13.8 Å². The number of carboxylic acid groups (broad SMARTS) is 4. The van der Waals surface area contributed by atoms with Gasteiger partial charge in [0.05, 0.1) is 23.7 Å². The van der Waals surface area contributed by atoms with Gasteiger partial charge in [-0.1, -0.05) is 13.8 Å². The highest BCUT2D eigenvalue weighted by Crippen LogP contribution is 2.46. The zero-order valence-electron chi connectivity index (χ0n) is 10.9. The first kappa shape index (κ1) is 15.9. The largest absolute Gasteiger partial charge is 0.481 e. The predicted molar refractivity (Wildman–Crippen MR) is 62.8 cm³/mol. The average molecular weight is 288 g/mol. The van der Waals surface area contributed by atoms with Gasteiger partial charge in [-0.3, -0.25) is 19.2 Å². The molecule has 0 aromatic carbocycles. The molecule has 0 aromatic heterocycles. The molecule has 1 rings (SSSR count). The molecular formula is C12H16O8. The number of carbonyl (C=O) groups is 4. The van der Waals surface area contributed by atoms with Crippen LogP contribution in [-0.4, -0.2) is 44.3 Å². The van der Waals surface area contributed by atoms with Crippen LogP contribution < -0.4 is 0 Å². The Hall–Kier alpha value is -2.12. The van der Waals surface area contributed by atoms with Crippen LogP contribution >= 0.6 is 0 Å². The topological polar surface area (TPSA) is 149 Å². The van der Waals surface area contributed by atoms with Crippen molar-refractivity contribution < 1.29 is 39.6 Å². The van der Waals surface area contributed by atoms with Gasteiger partial charge < -0.3 is 20.4 Å². The monoisotopic (exact) mass is 288 g/mol. The quantitative estimate of drug-likeness (QED) is 0.568. The van der Waals surface area contributed by atoms with E-state index in [1.807, 2.05) is 0 Å². The molecule has 1 fully saturated rings. The van der Waals surface area contributed by atoms with Crippen LogP contribution in [0.5, 0.6) is 0 Å². The molecule has 0 radical (unpaired) electrons. The van der Waals surface area contributed by atoms with Crippen molar-refractivity contribution >= 4 is 23.9 Å². The highest BCUT2D eigenvalue weighted by atomic mass is 16.4. The lowest BCUT2D eigenvalue weighted by molar-refractivity contribution is -0.179. The molecule has 4 unspecified atom stereocenters. The molecule has 1 aliphatic rings. The van der Waals surface area contributed by atoms with E-state index in [0.29, 0.717) is 0 Å². The summed E-state index contributed by atoms with van der Waals surface area (Å²) in [4.78, 5) is 45.1. The van der Waals surface area contributed by atoms with E-state index in [0.717, 1.165) is 0 Å². The lowest BCUT2D eigenvalue weighted by atomic mass is 9.57. The van der Waals surface area contributed by atoms with Crippen LogP contribution in [0, 0.1) is 35.5 Å². The molecule has 0 aliphatic heterocycles. The minimum atomic E-state index is -1.43. The Labute approximate surface area is 114 Å². The number of hydrogen-bond acceptors (Lipinski definition) is 4. The minimum Gasteiger partial charge on any atom is -0.481 e. The molecular weight excluding hydrogens is 272 g/mol. The lowest BCUT2D eigenvalue weighted by Gasteiger charge is -2.43. The maximum Gasteiger partial charge on any atom is 0.307 e. The number of carboxylic acids is 4.